The van der Waals surface area contributed by atoms with Crippen molar-refractivity contribution in [2.45, 2.75) is 70.1 Å². The van der Waals surface area contributed by atoms with Crippen molar-refractivity contribution in [1.29, 1.82) is 0 Å². The molecule has 32 heavy (non-hydrogen) atoms. The molecule has 1 aromatic carbocycles. The number of hydrogen-bond donors (Lipinski definition) is 3. The van der Waals surface area contributed by atoms with Gasteiger partial charge in [0, 0.05) is 24.4 Å². The van der Waals surface area contributed by atoms with E-state index in [2.05, 4.69) is 28.7 Å². The van der Waals surface area contributed by atoms with Gasteiger partial charge in [0.1, 0.15) is 11.6 Å². The van der Waals surface area contributed by atoms with Gasteiger partial charge in [-0.25, -0.2) is 8.78 Å². The molecule has 0 bridgehead atoms. The van der Waals surface area contributed by atoms with Gasteiger partial charge in [-0.05, 0) is 60.9 Å². The molecule has 0 saturated heterocycles. The number of carbonyl (C=O) groups is 1. The van der Waals surface area contributed by atoms with Crippen LogP contribution in [0.5, 0.6) is 0 Å². The lowest BCUT2D eigenvalue weighted by Gasteiger charge is -2.39. The zero-order valence-corrected chi connectivity index (χ0v) is 19.5. The first kappa shape index (κ1) is 24.6. The van der Waals surface area contributed by atoms with E-state index < -0.39 is 23.8 Å². The van der Waals surface area contributed by atoms with Gasteiger partial charge >= 0.3 is 0 Å². The van der Waals surface area contributed by atoms with E-state index in [9.17, 15) is 18.7 Å². The molecule has 3 rings (SSSR count). The summed E-state index contributed by atoms with van der Waals surface area (Å²) in [7, 11) is 0. The second-order valence-corrected chi connectivity index (χ2v) is 9.77. The van der Waals surface area contributed by atoms with E-state index in [1.54, 1.807) is 11.3 Å². The number of aliphatic hydroxyl groups is 1. The van der Waals surface area contributed by atoms with Crippen molar-refractivity contribution in [2.24, 2.45) is 0 Å². The van der Waals surface area contributed by atoms with Crippen LogP contribution < -0.4 is 10.6 Å². The normalized spacial score (nSPS) is 17.5. The number of halogens is 2. The molecule has 1 saturated carbocycles. The molecule has 1 aliphatic carbocycles. The van der Waals surface area contributed by atoms with Crippen molar-refractivity contribution in [1.82, 2.24) is 10.6 Å². The molecule has 0 radical (unpaired) electrons. The van der Waals surface area contributed by atoms with Crippen molar-refractivity contribution < 1.29 is 18.7 Å². The van der Waals surface area contributed by atoms with Gasteiger partial charge in [0.25, 0.3) is 0 Å². The highest BCUT2D eigenvalue weighted by molar-refractivity contribution is 7.10. The van der Waals surface area contributed by atoms with E-state index in [1.807, 2.05) is 6.92 Å². The lowest BCUT2D eigenvalue weighted by atomic mass is 9.80. The predicted molar refractivity (Wildman–Crippen MR) is 125 cm³/mol. The molecule has 1 amide bonds. The molecule has 3 N–H and O–H groups in total. The minimum Gasteiger partial charge on any atom is -0.390 e. The first-order valence-electron chi connectivity index (χ1n) is 11.1. The maximum absolute atomic E-state index is 13.6. The largest absolute Gasteiger partial charge is 0.390 e. The van der Waals surface area contributed by atoms with Gasteiger partial charge in [-0.2, -0.15) is 0 Å². The fourth-order valence-corrected chi connectivity index (χ4v) is 5.67. The molecule has 0 aliphatic heterocycles. The summed E-state index contributed by atoms with van der Waals surface area (Å²) in [5, 5.41) is 19.4. The molecule has 1 aromatic heterocycles. The highest BCUT2D eigenvalue weighted by atomic mass is 32.1. The average molecular weight is 463 g/mol. The molecule has 7 heteroatoms. The monoisotopic (exact) mass is 462 g/mol. The summed E-state index contributed by atoms with van der Waals surface area (Å²) in [6.45, 7) is 7.65. The molecule has 1 heterocycles. The number of amides is 1. The molecule has 174 valence electrons. The number of thiophene rings is 1. The van der Waals surface area contributed by atoms with Crippen LogP contribution in [0.3, 0.4) is 0 Å². The first-order chi connectivity index (χ1) is 15.2. The van der Waals surface area contributed by atoms with Crippen molar-refractivity contribution in [3.63, 3.8) is 0 Å². The number of aliphatic hydroxyl groups excluding tert-OH is 1. The molecule has 4 nitrogen and oxygen atoms in total. The van der Waals surface area contributed by atoms with Crippen LogP contribution in [-0.4, -0.2) is 29.7 Å². The van der Waals surface area contributed by atoms with Crippen LogP contribution in [0, 0.1) is 11.6 Å². The summed E-state index contributed by atoms with van der Waals surface area (Å²) in [4.78, 5) is 13.0. The average Bonchev–Trinajstić information content (AvgIpc) is 3.22. The third-order valence-electron chi connectivity index (χ3n) is 6.15. The number of allylic oxidation sites excluding steroid dienone is 1. The number of nitrogens with one attached hydrogen (secondary N) is 2. The van der Waals surface area contributed by atoms with Gasteiger partial charge in [-0.3, -0.25) is 4.79 Å². The second-order valence-electron chi connectivity index (χ2n) is 8.86. The number of rotatable bonds is 9. The third kappa shape index (κ3) is 6.24. The quantitative estimate of drug-likeness (QED) is 0.496. The lowest BCUT2D eigenvalue weighted by molar-refractivity contribution is -0.120. The third-order valence-corrected chi connectivity index (χ3v) is 7.29. The minimum absolute atomic E-state index is 0.128. The topological polar surface area (TPSA) is 61.4 Å². The Morgan fingerprint density at radius 1 is 1.16 bits per heavy atom. The Balaban J connectivity index is 1.76. The van der Waals surface area contributed by atoms with Crippen molar-refractivity contribution >= 4 is 22.8 Å². The maximum Gasteiger partial charge on any atom is 0.217 e. The van der Waals surface area contributed by atoms with Gasteiger partial charge in [-0.1, -0.05) is 31.4 Å². The Labute approximate surface area is 192 Å². The van der Waals surface area contributed by atoms with Crippen LogP contribution in [0.2, 0.25) is 0 Å². The lowest BCUT2D eigenvalue weighted by Crippen LogP contribution is -2.52. The Morgan fingerprint density at radius 3 is 2.38 bits per heavy atom. The molecule has 1 aliphatic rings. The van der Waals surface area contributed by atoms with Crippen LogP contribution in [-0.2, 0) is 16.8 Å². The van der Waals surface area contributed by atoms with E-state index in [1.165, 1.54) is 30.4 Å². The smallest absolute Gasteiger partial charge is 0.217 e. The van der Waals surface area contributed by atoms with E-state index in [-0.39, 0.29) is 24.4 Å². The van der Waals surface area contributed by atoms with Gasteiger partial charge in [-0.15, -0.1) is 11.3 Å². The van der Waals surface area contributed by atoms with Crippen LogP contribution in [0.15, 0.2) is 36.2 Å². The van der Waals surface area contributed by atoms with Gasteiger partial charge in [0.05, 0.1) is 17.7 Å². The molecule has 2 atom stereocenters. The van der Waals surface area contributed by atoms with Crippen molar-refractivity contribution in [2.75, 3.05) is 6.54 Å². The maximum atomic E-state index is 13.6. The van der Waals surface area contributed by atoms with E-state index in [4.69, 9.17) is 0 Å². The van der Waals surface area contributed by atoms with Crippen LogP contribution in [0.1, 0.15) is 62.0 Å². The Kier molecular flexibility index (Phi) is 8.20. The number of hydrogen-bond acceptors (Lipinski definition) is 4. The molecule has 1 fully saturated rings. The predicted octanol–water partition coefficient (Wildman–Crippen LogP) is 4.92. The summed E-state index contributed by atoms with van der Waals surface area (Å²) < 4.78 is 27.2. The first-order valence-corrected chi connectivity index (χ1v) is 12.0. The second kappa shape index (κ2) is 10.7. The minimum atomic E-state index is -0.926. The zero-order chi connectivity index (χ0) is 23.3. The fourth-order valence-electron chi connectivity index (χ4n) is 4.45. The fraction of sp³-hybridized carbons (Fsp3) is 0.480. The molecular formula is C25H32F2N2O2S. The summed E-state index contributed by atoms with van der Waals surface area (Å²) in [6, 6.07) is 4.77. The van der Waals surface area contributed by atoms with Gasteiger partial charge in [0.15, 0.2) is 0 Å². The zero-order valence-electron chi connectivity index (χ0n) is 18.7. The summed E-state index contributed by atoms with van der Waals surface area (Å²) in [5.74, 6) is -1.66. The highest BCUT2D eigenvalue weighted by Gasteiger charge is 2.36. The highest BCUT2D eigenvalue weighted by Crippen LogP contribution is 2.41. The number of benzene rings is 1. The van der Waals surface area contributed by atoms with Crippen molar-refractivity contribution in [3.8, 4) is 0 Å². The van der Waals surface area contributed by atoms with Crippen LogP contribution in [0.25, 0.3) is 5.57 Å². The SMILES string of the molecule is C=C(C)c1csc(C2(NC[C@@H](O)[C@H](Cc3cc(F)cc(F)c3)NC(C)=O)CCCCC2)c1. The van der Waals surface area contributed by atoms with Gasteiger partial charge < -0.3 is 15.7 Å². The summed E-state index contributed by atoms with van der Waals surface area (Å²) in [6.07, 6.45) is 4.52. The van der Waals surface area contributed by atoms with E-state index >= 15 is 0 Å². The summed E-state index contributed by atoms with van der Waals surface area (Å²) >= 11 is 1.70. The Hall–Kier alpha value is -2.09. The van der Waals surface area contributed by atoms with Crippen molar-refractivity contribution in [3.05, 3.63) is 63.9 Å². The Bertz CT molecular complexity index is 933. The Morgan fingerprint density at radius 2 is 1.81 bits per heavy atom. The molecule has 0 spiro atoms. The van der Waals surface area contributed by atoms with E-state index in [0.717, 1.165) is 42.9 Å². The molecule has 2 aromatic rings. The molecular weight excluding hydrogens is 430 g/mol. The summed E-state index contributed by atoms with van der Waals surface area (Å²) in [5.41, 5.74) is 2.30. The molecule has 0 unspecified atom stereocenters. The van der Waals surface area contributed by atoms with Gasteiger partial charge in [0.2, 0.25) is 5.91 Å². The van der Waals surface area contributed by atoms with E-state index in [0.29, 0.717) is 5.56 Å². The van der Waals surface area contributed by atoms with Crippen LogP contribution >= 0.6 is 11.3 Å². The van der Waals surface area contributed by atoms with Crippen LogP contribution in [0.4, 0.5) is 8.78 Å². The number of carbonyl (C=O) groups excluding carboxylic acids is 1. The standard InChI is InChI=1S/C25H32F2N2O2S/c1-16(2)19-12-24(32-15-19)25(7-5-4-6-8-25)28-14-23(31)22(29-17(3)30)11-18-9-20(26)13-21(27)10-18/h9-10,12-13,15,22-23,28,31H,1,4-8,11,14H2,2-3H3,(H,29,30)/t22-,23+/m0/s1.